The fraction of sp³-hybridized carbons (Fsp3) is 0.529. The molecule has 0 spiro atoms. The molecule has 1 aliphatic carbocycles. The SMILES string of the molecule is CC1(C)CCC(Cc2ccc(Cl)cc2)C1(C)O.c1c2nnn1-2. The summed E-state index contributed by atoms with van der Waals surface area (Å²) in [4.78, 5) is 0. The highest BCUT2D eigenvalue weighted by Crippen LogP contribution is 2.50. The minimum Gasteiger partial charge on any atom is -0.389 e. The maximum absolute atomic E-state index is 10.7. The smallest absolute Gasteiger partial charge is 0.197 e. The van der Waals surface area contributed by atoms with Crippen LogP contribution < -0.4 is 0 Å². The Morgan fingerprint density at radius 3 is 2.27 bits per heavy atom. The Labute approximate surface area is 136 Å². The van der Waals surface area contributed by atoms with Crippen LogP contribution in [-0.4, -0.2) is 25.7 Å². The van der Waals surface area contributed by atoms with Crippen LogP contribution in [0.2, 0.25) is 5.02 Å². The highest BCUT2D eigenvalue weighted by atomic mass is 35.5. The zero-order valence-corrected chi connectivity index (χ0v) is 14.0. The summed E-state index contributed by atoms with van der Waals surface area (Å²) in [6.07, 6.45) is 4.99. The van der Waals surface area contributed by atoms with Crippen molar-refractivity contribution in [2.75, 3.05) is 0 Å². The predicted octanol–water partition coefficient (Wildman–Crippen LogP) is 3.65. The maximum Gasteiger partial charge on any atom is 0.197 e. The van der Waals surface area contributed by atoms with Gasteiger partial charge in [-0.2, -0.15) is 4.68 Å². The van der Waals surface area contributed by atoms with E-state index >= 15 is 0 Å². The lowest BCUT2D eigenvalue weighted by molar-refractivity contribution is -0.0588. The molecule has 2 unspecified atom stereocenters. The van der Waals surface area contributed by atoms with Crippen LogP contribution in [0.5, 0.6) is 0 Å². The van der Waals surface area contributed by atoms with E-state index in [1.54, 1.807) is 4.68 Å². The number of aliphatic hydroxyl groups is 1. The van der Waals surface area contributed by atoms with E-state index < -0.39 is 5.60 Å². The number of hydrogen-bond donors (Lipinski definition) is 1. The highest BCUT2D eigenvalue weighted by Gasteiger charge is 2.50. The van der Waals surface area contributed by atoms with Crippen LogP contribution >= 0.6 is 11.6 Å². The molecule has 1 N–H and O–H groups in total. The van der Waals surface area contributed by atoms with Gasteiger partial charge in [0.05, 0.1) is 11.8 Å². The number of hydrogen-bond acceptors (Lipinski definition) is 3. The van der Waals surface area contributed by atoms with Crippen LogP contribution in [0, 0.1) is 11.3 Å². The van der Waals surface area contributed by atoms with Crippen molar-refractivity contribution in [3.63, 3.8) is 0 Å². The lowest BCUT2D eigenvalue weighted by Crippen LogP contribution is -2.42. The molecule has 5 heteroatoms. The van der Waals surface area contributed by atoms with Crippen molar-refractivity contribution >= 4 is 11.6 Å². The van der Waals surface area contributed by atoms with Gasteiger partial charge in [-0.1, -0.05) is 42.8 Å². The van der Waals surface area contributed by atoms with E-state index in [0.29, 0.717) is 5.92 Å². The predicted molar refractivity (Wildman–Crippen MR) is 87.2 cm³/mol. The summed E-state index contributed by atoms with van der Waals surface area (Å²) in [7, 11) is 0. The summed E-state index contributed by atoms with van der Waals surface area (Å²) in [6.45, 7) is 6.31. The average Bonchev–Trinajstić information content (AvgIpc) is 2.96. The van der Waals surface area contributed by atoms with E-state index in [4.69, 9.17) is 11.6 Å². The number of halogens is 1. The second-order valence-electron chi connectivity index (χ2n) is 7.12. The van der Waals surface area contributed by atoms with E-state index in [2.05, 4.69) is 36.3 Å². The van der Waals surface area contributed by atoms with Gasteiger partial charge in [-0.05, 0) is 55.2 Å². The topological polar surface area (TPSA) is 50.9 Å². The molecule has 118 valence electrons. The molecule has 1 saturated carbocycles. The molecule has 0 aromatic heterocycles. The summed E-state index contributed by atoms with van der Waals surface area (Å²) < 4.78 is 1.72. The number of aromatic nitrogens is 3. The fourth-order valence-electron chi connectivity index (χ4n) is 3.11. The van der Waals surface area contributed by atoms with Crippen molar-refractivity contribution in [1.82, 2.24) is 15.0 Å². The summed E-state index contributed by atoms with van der Waals surface area (Å²) in [5.41, 5.74) is 0.703. The number of fused-ring (bicyclic) bond motifs is 1. The van der Waals surface area contributed by atoms with Crippen LogP contribution in [0.25, 0.3) is 5.82 Å². The molecule has 0 saturated heterocycles. The molecular weight excluding hydrogens is 298 g/mol. The Hall–Kier alpha value is -1.39. The van der Waals surface area contributed by atoms with Crippen LogP contribution in [-0.2, 0) is 6.42 Å². The first-order valence-electron chi connectivity index (χ1n) is 7.69. The first-order chi connectivity index (χ1) is 10.3. The minimum absolute atomic E-state index is 0.0179. The van der Waals surface area contributed by atoms with Crippen molar-refractivity contribution in [3.8, 4) is 5.82 Å². The van der Waals surface area contributed by atoms with Gasteiger partial charge in [-0.15, -0.1) is 5.10 Å². The summed E-state index contributed by atoms with van der Waals surface area (Å²) >= 11 is 5.88. The molecule has 4 rings (SSSR count). The van der Waals surface area contributed by atoms with Crippen molar-refractivity contribution in [3.05, 3.63) is 41.0 Å². The Morgan fingerprint density at radius 2 is 1.91 bits per heavy atom. The Morgan fingerprint density at radius 1 is 1.27 bits per heavy atom. The van der Waals surface area contributed by atoms with Crippen molar-refractivity contribution < 1.29 is 5.11 Å². The Balaban J connectivity index is 0.000000237. The second-order valence-corrected chi connectivity index (χ2v) is 7.56. The molecule has 1 aromatic rings. The summed E-state index contributed by atoms with van der Waals surface area (Å²) in [5, 5.41) is 18.5. The third kappa shape index (κ3) is 2.90. The zero-order chi connectivity index (χ0) is 16.0. The molecule has 2 heterocycles. The van der Waals surface area contributed by atoms with E-state index in [1.807, 2.05) is 25.3 Å². The van der Waals surface area contributed by atoms with Crippen molar-refractivity contribution in [2.24, 2.45) is 11.3 Å². The monoisotopic (exact) mass is 319 g/mol. The minimum atomic E-state index is -0.577. The van der Waals surface area contributed by atoms with Crippen molar-refractivity contribution in [1.29, 1.82) is 0 Å². The zero-order valence-electron chi connectivity index (χ0n) is 13.3. The van der Waals surface area contributed by atoms with Crippen molar-refractivity contribution in [2.45, 2.75) is 45.6 Å². The van der Waals surface area contributed by atoms with Gasteiger partial charge in [0.1, 0.15) is 0 Å². The standard InChI is InChI=1S/C15H21ClO.C2HN3/c1-14(2)9-8-12(15(14,3)17)10-11-4-6-13(16)7-5-11;1-2-3-4-5(1)2/h4-7,12,17H,8-10H2,1-3H3;1H. The van der Waals surface area contributed by atoms with E-state index in [9.17, 15) is 5.11 Å². The van der Waals surface area contributed by atoms with Gasteiger partial charge in [0.25, 0.3) is 0 Å². The average molecular weight is 320 g/mol. The summed E-state index contributed by atoms with van der Waals surface area (Å²) in [5.74, 6) is 1.36. The van der Waals surface area contributed by atoms with Crippen LogP contribution in [0.1, 0.15) is 39.2 Å². The van der Waals surface area contributed by atoms with Crippen LogP contribution in [0.15, 0.2) is 30.5 Å². The summed E-state index contributed by atoms with van der Waals surface area (Å²) in [6, 6.07) is 7.96. The quantitative estimate of drug-likeness (QED) is 0.784. The van der Waals surface area contributed by atoms with Gasteiger partial charge in [0, 0.05) is 5.02 Å². The van der Waals surface area contributed by atoms with Gasteiger partial charge in [0.2, 0.25) is 0 Å². The third-order valence-electron chi connectivity index (χ3n) is 5.33. The number of benzene rings is 1. The van der Waals surface area contributed by atoms with E-state index in [-0.39, 0.29) is 5.41 Å². The third-order valence-corrected chi connectivity index (χ3v) is 5.58. The Bertz CT molecular complexity index is 637. The van der Waals surface area contributed by atoms with E-state index in [1.165, 1.54) is 5.56 Å². The molecular formula is C17H22ClN3O. The van der Waals surface area contributed by atoms with Crippen LogP contribution in [0.4, 0.5) is 0 Å². The molecule has 1 fully saturated rings. The first-order valence-corrected chi connectivity index (χ1v) is 8.07. The van der Waals surface area contributed by atoms with Gasteiger partial charge in [-0.3, -0.25) is 0 Å². The molecule has 22 heavy (non-hydrogen) atoms. The molecule has 3 aliphatic rings. The highest BCUT2D eigenvalue weighted by molar-refractivity contribution is 6.30. The Kier molecular flexibility index (Phi) is 3.77. The lowest BCUT2D eigenvalue weighted by atomic mass is 9.74. The normalized spacial score (nSPS) is 27.2. The molecule has 1 aromatic carbocycles. The molecule has 0 radical (unpaired) electrons. The molecule has 2 aliphatic heterocycles. The van der Waals surface area contributed by atoms with Gasteiger partial charge >= 0.3 is 0 Å². The molecule has 4 nitrogen and oxygen atoms in total. The molecule has 2 atom stereocenters. The maximum atomic E-state index is 10.7. The van der Waals surface area contributed by atoms with E-state index in [0.717, 1.165) is 30.1 Å². The lowest BCUT2D eigenvalue weighted by Gasteiger charge is -2.37. The van der Waals surface area contributed by atoms with Gasteiger partial charge < -0.3 is 5.11 Å². The largest absolute Gasteiger partial charge is 0.389 e. The number of nitrogens with zero attached hydrogens (tertiary/aromatic N) is 3. The molecule has 0 amide bonds. The second kappa shape index (κ2) is 5.36. The fourth-order valence-corrected chi connectivity index (χ4v) is 3.23. The first kappa shape index (κ1) is 15.5. The number of rotatable bonds is 2. The van der Waals surface area contributed by atoms with Gasteiger partial charge in [-0.25, -0.2) is 0 Å². The van der Waals surface area contributed by atoms with Gasteiger partial charge in [0.15, 0.2) is 5.82 Å². The molecule has 0 bridgehead atoms. The van der Waals surface area contributed by atoms with Crippen LogP contribution in [0.3, 0.4) is 0 Å².